The second-order valence-electron chi connectivity index (χ2n) is 6.93. The van der Waals surface area contributed by atoms with Crippen molar-refractivity contribution in [3.8, 4) is 0 Å². The summed E-state index contributed by atoms with van der Waals surface area (Å²) in [4.78, 5) is 38.0. The summed E-state index contributed by atoms with van der Waals surface area (Å²) in [6.07, 6.45) is 3.07. The first-order valence-electron chi connectivity index (χ1n) is 7.49. The maximum absolute atomic E-state index is 12.7. The van der Waals surface area contributed by atoms with E-state index >= 15 is 0 Å². The van der Waals surface area contributed by atoms with Crippen molar-refractivity contribution in [2.45, 2.75) is 39.2 Å². The van der Waals surface area contributed by atoms with E-state index < -0.39 is 5.41 Å². The molecule has 0 N–H and O–H groups in total. The zero-order valence-electron chi connectivity index (χ0n) is 13.0. The van der Waals surface area contributed by atoms with E-state index in [2.05, 4.69) is 0 Å². The van der Waals surface area contributed by atoms with Crippen molar-refractivity contribution >= 4 is 17.6 Å². The Morgan fingerprint density at radius 2 is 1.59 bits per heavy atom. The average Bonchev–Trinajstić information content (AvgIpc) is 2.98. The zero-order valence-corrected chi connectivity index (χ0v) is 13.0. The number of carbonyl (C=O) groups excluding carboxylic acids is 3. The largest absolute Gasteiger partial charge is 0.298 e. The number of benzene rings is 1. The van der Waals surface area contributed by atoms with Crippen molar-refractivity contribution < 1.29 is 14.4 Å². The normalized spacial score (nSPS) is 24.0. The minimum absolute atomic E-state index is 0.148. The van der Waals surface area contributed by atoms with Gasteiger partial charge in [0, 0.05) is 23.5 Å². The Bertz CT molecular complexity index is 679. The number of fused-ring (bicyclic) bond motifs is 1. The van der Waals surface area contributed by atoms with Gasteiger partial charge >= 0.3 is 0 Å². The second kappa shape index (κ2) is 4.90. The van der Waals surface area contributed by atoms with E-state index in [0.717, 1.165) is 11.1 Å². The van der Waals surface area contributed by atoms with Crippen molar-refractivity contribution in [3.05, 3.63) is 47.5 Å². The van der Waals surface area contributed by atoms with Crippen LogP contribution in [0.25, 0.3) is 0 Å². The molecule has 0 spiro atoms. The SMILES string of the molecule is CC(C)(C)C(=O)[C@H]1C[C@H](N2C(=O)C=CC2=O)c2ccccc21. The smallest absolute Gasteiger partial charge is 0.254 e. The number of hydrogen-bond donors (Lipinski definition) is 0. The number of hydrogen-bond acceptors (Lipinski definition) is 3. The molecule has 0 bridgehead atoms. The Morgan fingerprint density at radius 3 is 2.14 bits per heavy atom. The maximum Gasteiger partial charge on any atom is 0.254 e. The third-order valence-corrected chi connectivity index (χ3v) is 4.40. The van der Waals surface area contributed by atoms with Gasteiger partial charge in [-0.2, -0.15) is 0 Å². The van der Waals surface area contributed by atoms with E-state index in [1.807, 2.05) is 45.0 Å². The van der Waals surface area contributed by atoms with Crippen LogP contribution in [0.15, 0.2) is 36.4 Å². The minimum Gasteiger partial charge on any atom is -0.298 e. The Hall–Kier alpha value is -2.23. The number of imide groups is 1. The van der Waals surface area contributed by atoms with Crippen LogP contribution in [0, 0.1) is 5.41 Å². The van der Waals surface area contributed by atoms with Crippen LogP contribution in [0.3, 0.4) is 0 Å². The topological polar surface area (TPSA) is 54.5 Å². The molecule has 0 aromatic heterocycles. The lowest BCUT2D eigenvalue weighted by molar-refractivity contribution is -0.140. The summed E-state index contributed by atoms with van der Waals surface area (Å²) in [5.74, 6) is -0.709. The quantitative estimate of drug-likeness (QED) is 0.789. The van der Waals surface area contributed by atoms with Crippen LogP contribution in [0.5, 0.6) is 0 Å². The summed E-state index contributed by atoms with van der Waals surface area (Å²) in [7, 11) is 0. The van der Waals surface area contributed by atoms with Crippen molar-refractivity contribution in [2.24, 2.45) is 5.41 Å². The fourth-order valence-electron chi connectivity index (χ4n) is 3.34. The molecule has 0 radical (unpaired) electrons. The lowest BCUT2D eigenvalue weighted by Gasteiger charge is -2.24. The van der Waals surface area contributed by atoms with Crippen LogP contribution in [-0.2, 0) is 14.4 Å². The predicted octanol–water partition coefficient (Wildman–Crippen LogP) is 2.76. The number of Topliss-reactive ketones (excluding diaryl/α,β-unsaturated/α-hetero) is 1. The molecule has 1 aliphatic heterocycles. The van der Waals surface area contributed by atoms with Gasteiger partial charge in [-0.15, -0.1) is 0 Å². The molecule has 0 saturated heterocycles. The van der Waals surface area contributed by atoms with Gasteiger partial charge in [-0.05, 0) is 17.5 Å². The van der Waals surface area contributed by atoms with Crippen LogP contribution in [0.2, 0.25) is 0 Å². The third kappa shape index (κ3) is 2.19. The van der Waals surface area contributed by atoms with Crippen molar-refractivity contribution in [2.75, 3.05) is 0 Å². The molecule has 3 rings (SSSR count). The van der Waals surface area contributed by atoms with E-state index in [-0.39, 0.29) is 29.6 Å². The number of rotatable bonds is 2. The second-order valence-corrected chi connectivity index (χ2v) is 6.93. The summed E-state index contributed by atoms with van der Waals surface area (Å²) in [5.41, 5.74) is 1.40. The highest BCUT2D eigenvalue weighted by atomic mass is 16.2. The molecule has 1 heterocycles. The molecule has 0 unspecified atom stereocenters. The first kappa shape index (κ1) is 14.7. The molecular formula is C18H19NO3. The molecule has 114 valence electrons. The number of amides is 2. The lowest BCUT2D eigenvalue weighted by Crippen LogP contribution is -2.34. The number of ketones is 1. The highest BCUT2D eigenvalue weighted by molar-refractivity contribution is 6.13. The molecule has 4 heteroatoms. The van der Waals surface area contributed by atoms with Gasteiger partial charge < -0.3 is 0 Å². The first-order chi connectivity index (χ1) is 10.3. The molecule has 2 aliphatic rings. The first-order valence-corrected chi connectivity index (χ1v) is 7.49. The summed E-state index contributed by atoms with van der Waals surface area (Å²) in [6.45, 7) is 5.71. The molecular weight excluding hydrogens is 278 g/mol. The van der Waals surface area contributed by atoms with Gasteiger partial charge in [0.25, 0.3) is 11.8 Å². The molecule has 1 aliphatic carbocycles. The van der Waals surface area contributed by atoms with Crippen LogP contribution in [0.1, 0.15) is 50.3 Å². The van der Waals surface area contributed by atoms with Crippen molar-refractivity contribution in [1.82, 2.24) is 4.90 Å². The van der Waals surface area contributed by atoms with Gasteiger partial charge in [-0.25, -0.2) is 0 Å². The van der Waals surface area contributed by atoms with Gasteiger partial charge in [0.05, 0.1) is 6.04 Å². The Balaban J connectivity index is 2.01. The van der Waals surface area contributed by atoms with E-state index in [0.29, 0.717) is 6.42 Å². The molecule has 2 atom stereocenters. The van der Waals surface area contributed by atoms with Crippen molar-refractivity contribution in [3.63, 3.8) is 0 Å². The van der Waals surface area contributed by atoms with Crippen LogP contribution in [-0.4, -0.2) is 22.5 Å². The van der Waals surface area contributed by atoms with Crippen LogP contribution >= 0.6 is 0 Å². The van der Waals surface area contributed by atoms with E-state index in [1.165, 1.54) is 17.1 Å². The van der Waals surface area contributed by atoms with E-state index in [4.69, 9.17) is 0 Å². The number of carbonyl (C=O) groups is 3. The van der Waals surface area contributed by atoms with E-state index in [1.54, 1.807) is 0 Å². The molecule has 0 fully saturated rings. The minimum atomic E-state index is -0.454. The lowest BCUT2D eigenvalue weighted by atomic mass is 9.80. The number of nitrogens with zero attached hydrogens (tertiary/aromatic N) is 1. The third-order valence-electron chi connectivity index (χ3n) is 4.40. The molecule has 4 nitrogen and oxygen atoms in total. The Labute approximate surface area is 129 Å². The Morgan fingerprint density at radius 1 is 1.05 bits per heavy atom. The summed E-state index contributed by atoms with van der Waals surface area (Å²) in [5, 5.41) is 0. The fourth-order valence-corrected chi connectivity index (χ4v) is 3.34. The molecule has 22 heavy (non-hydrogen) atoms. The van der Waals surface area contributed by atoms with Crippen LogP contribution in [0.4, 0.5) is 0 Å². The predicted molar refractivity (Wildman–Crippen MR) is 82.0 cm³/mol. The molecule has 1 aromatic carbocycles. The molecule has 1 aromatic rings. The average molecular weight is 297 g/mol. The van der Waals surface area contributed by atoms with Gasteiger partial charge in [0.1, 0.15) is 5.78 Å². The van der Waals surface area contributed by atoms with Gasteiger partial charge in [0.2, 0.25) is 0 Å². The summed E-state index contributed by atoms with van der Waals surface area (Å²) in [6, 6.07) is 7.28. The Kier molecular flexibility index (Phi) is 3.28. The van der Waals surface area contributed by atoms with Gasteiger partial charge in [-0.1, -0.05) is 45.0 Å². The van der Waals surface area contributed by atoms with Crippen LogP contribution < -0.4 is 0 Å². The zero-order chi connectivity index (χ0) is 16.1. The summed E-state index contributed by atoms with van der Waals surface area (Å²) >= 11 is 0. The van der Waals surface area contributed by atoms with Gasteiger partial charge in [0.15, 0.2) is 0 Å². The maximum atomic E-state index is 12.7. The van der Waals surface area contributed by atoms with Crippen molar-refractivity contribution in [1.29, 1.82) is 0 Å². The summed E-state index contributed by atoms with van der Waals surface area (Å²) < 4.78 is 0. The molecule has 2 amide bonds. The van der Waals surface area contributed by atoms with Gasteiger partial charge in [-0.3, -0.25) is 19.3 Å². The monoisotopic (exact) mass is 297 g/mol. The highest BCUT2D eigenvalue weighted by Gasteiger charge is 2.44. The van der Waals surface area contributed by atoms with E-state index in [9.17, 15) is 14.4 Å². The molecule has 0 saturated carbocycles. The highest BCUT2D eigenvalue weighted by Crippen LogP contribution is 2.46. The standard InChI is InChI=1S/C18H19NO3/c1-18(2,3)17(22)13-10-14(12-7-5-4-6-11(12)13)19-15(20)8-9-16(19)21/h4-9,13-14H,10H2,1-3H3/t13-,14-/m0/s1. The fraction of sp³-hybridized carbons (Fsp3) is 0.389.